The molecule has 2 heterocycles. The van der Waals surface area contributed by atoms with Crippen molar-refractivity contribution < 1.29 is 9.59 Å². The Balaban J connectivity index is 1.43. The topological polar surface area (TPSA) is 86.9 Å². The van der Waals surface area contributed by atoms with E-state index in [0.29, 0.717) is 18.5 Å². The number of hydrogen-bond donors (Lipinski definition) is 3. The number of carbonyl (C=O) groups excluding carboxylic acids is 2. The van der Waals surface area contributed by atoms with Crippen molar-refractivity contribution in [3.8, 4) is 0 Å². The number of aryl methyl sites for hydroxylation is 1. The number of para-hydroxylation sites is 1. The summed E-state index contributed by atoms with van der Waals surface area (Å²) < 4.78 is 0. The monoisotopic (exact) mass is 508 g/mol. The van der Waals surface area contributed by atoms with Crippen LogP contribution in [0.4, 0.5) is 0 Å². The maximum atomic E-state index is 14.0. The molecule has 0 spiro atoms. The minimum Gasteiger partial charge on any atom is -0.361 e. The molecule has 38 heavy (non-hydrogen) atoms. The summed E-state index contributed by atoms with van der Waals surface area (Å²) in [4.78, 5) is 35.4. The number of rotatable bonds is 8. The number of amides is 2. The summed E-state index contributed by atoms with van der Waals surface area (Å²) in [5.74, 6) is -0.451. The van der Waals surface area contributed by atoms with Crippen LogP contribution in [0.3, 0.4) is 0 Å². The van der Waals surface area contributed by atoms with Crippen molar-refractivity contribution in [2.24, 2.45) is 0 Å². The Morgan fingerprint density at radius 2 is 1.79 bits per heavy atom. The van der Waals surface area contributed by atoms with Gasteiger partial charge in [0.2, 0.25) is 5.91 Å². The van der Waals surface area contributed by atoms with Crippen LogP contribution < -0.4 is 10.6 Å². The van der Waals surface area contributed by atoms with Crippen molar-refractivity contribution in [2.45, 2.75) is 63.3 Å². The fourth-order valence-corrected chi connectivity index (χ4v) is 5.82. The van der Waals surface area contributed by atoms with E-state index in [-0.39, 0.29) is 17.2 Å². The van der Waals surface area contributed by atoms with E-state index in [9.17, 15) is 9.59 Å². The molecule has 6 heteroatoms. The van der Waals surface area contributed by atoms with E-state index in [1.807, 2.05) is 80.8 Å². The summed E-state index contributed by atoms with van der Waals surface area (Å²) in [6, 6.07) is 21.5. The molecule has 1 aliphatic carbocycles. The van der Waals surface area contributed by atoms with Crippen molar-refractivity contribution in [1.29, 1.82) is 0 Å². The molecule has 0 bridgehead atoms. The van der Waals surface area contributed by atoms with Gasteiger partial charge in [-0.2, -0.15) is 0 Å². The van der Waals surface area contributed by atoms with Crippen LogP contribution in [0.1, 0.15) is 66.2 Å². The first-order chi connectivity index (χ1) is 18.4. The van der Waals surface area contributed by atoms with E-state index in [1.165, 1.54) is 6.42 Å². The largest absolute Gasteiger partial charge is 0.361 e. The first kappa shape index (κ1) is 25.7. The highest BCUT2D eigenvalue weighted by molar-refractivity contribution is 5.99. The van der Waals surface area contributed by atoms with Gasteiger partial charge >= 0.3 is 0 Å². The molecular formula is C32H36N4O2. The smallest absolute Gasteiger partial charge is 0.252 e. The van der Waals surface area contributed by atoms with E-state index in [1.54, 1.807) is 6.07 Å². The molecule has 3 N–H and O–H groups in total. The zero-order valence-electron chi connectivity index (χ0n) is 22.2. The van der Waals surface area contributed by atoms with Gasteiger partial charge in [-0.3, -0.25) is 14.6 Å². The van der Waals surface area contributed by atoms with Gasteiger partial charge in [-0.1, -0.05) is 61.2 Å². The molecule has 2 amide bonds. The predicted molar refractivity (Wildman–Crippen MR) is 151 cm³/mol. The van der Waals surface area contributed by atoms with Crippen molar-refractivity contribution in [3.05, 3.63) is 102 Å². The summed E-state index contributed by atoms with van der Waals surface area (Å²) in [6.07, 6.45) is 9.52. The number of carbonyl (C=O) groups is 2. The molecule has 1 fully saturated rings. The van der Waals surface area contributed by atoms with Crippen molar-refractivity contribution in [3.63, 3.8) is 0 Å². The van der Waals surface area contributed by atoms with Gasteiger partial charge in [-0.05, 0) is 62.6 Å². The Bertz CT molecular complexity index is 1420. The van der Waals surface area contributed by atoms with Crippen LogP contribution in [0, 0.1) is 6.92 Å². The van der Waals surface area contributed by atoms with Crippen LogP contribution in [-0.4, -0.2) is 33.9 Å². The van der Waals surface area contributed by atoms with E-state index in [2.05, 4.69) is 26.7 Å². The van der Waals surface area contributed by atoms with Gasteiger partial charge in [0.1, 0.15) is 5.54 Å². The highest BCUT2D eigenvalue weighted by Gasteiger charge is 2.40. The SMILES string of the molecule is Cc1cccc(C(=O)N[C@@](C)(Cc2c[nH]c3ccccc23)C(=O)NCC2(c3ccccn3)CCCCC2)c1. The lowest BCUT2D eigenvalue weighted by Crippen LogP contribution is -2.59. The number of aromatic amines is 1. The number of hydrogen-bond acceptors (Lipinski definition) is 3. The normalized spacial score (nSPS) is 16.5. The fraction of sp³-hybridized carbons (Fsp3) is 0.344. The molecule has 1 atom stereocenters. The van der Waals surface area contributed by atoms with Gasteiger partial charge < -0.3 is 15.6 Å². The number of benzene rings is 2. The Labute approximate surface area is 224 Å². The Hall–Kier alpha value is -3.93. The standard InChI is InChI=1S/C32H36N4O2/c1-23-11-10-12-24(19-23)29(37)36-31(2,20-25-21-34-27-14-5-4-13-26(25)27)30(38)35-22-32(16-7-3-8-17-32)28-15-6-9-18-33-28/h4-6,9-15,18-19,21,34H,3,7-8,16-17,20,22H2,1-2H3,(H,35,38)(H,36,37)/t31-/m0/s1. The quantitative estimate of drug-likeness (QED) is 0.289. The first-order valence-electron chi connectivity index (χ1n) is 13.5. The van der Waals surface area contributed by atoms with Crippen LogP contribution >= 0.6 is 0 Å². The summed E-state index contributed by atoms with van der Waals surface area (Å²) >= 11 is 0. The van der Waals surface area contributed by atoms with Crippen molar-refractivity contribution in [2.75, 3.05) is 6.54 Å². The zero-order chi connectivity index (χ0) is 26.6. The molecule has 1 saturated carbocycles. The molecule has 0 aliphatic heterocycles. The average molecular weight is 509 g/mol. The van der Waals surface area contributed by atoms with Gasteiger partial charge in [-0.25, -0.2) is 0 Å². The molecule has 0 unspecified atom stereocenters. The van der Waals surface area contributed by atoms with E-state index < -0.39 is 5.54 Å². The van der Waals surface area contributed by atoms with Crippen LogP contribution in [0.25, 0.3) is 10.9 Å². The van der Waals surface area contributed by atoms with E-state index in [0.717, 1.165) is 53.4 Å². The molecule has 0 radical (unpaired) electrons. The molecule has 5 rings (SSSR count). The third-order valence-electron chi connectivity index (χ3n) is 8.00. The summed E-state index contributed by atoms with van der Waals surface area (Å²) in [5.41, 5.74) is 3.20. The third-order valence-corrected chi connectivity index (χ3v) is 8.00. The first-order valence-corrected chi connectivity index (χ1v) is 13.5. The highest BCUT2D eigenvalue weighted by Crippen LogP contribution is 2.38. The number of nitrogens with one attached hydrogen (secondary N) is 3. The fourth-order valence-electron chi connectivity index (χ4n) is 5.82. The molecular weight excluding hydrogens is 472 g/mol. The molecule has 4 aromatic rings. The summed E-state index contributed by atoms with van der Waals surface area (Å²) in [6.45, 7) is 4.27. The third kappa shape index (κ3) is 5.35. The lowest BCUT2D eigenvalue weighted by molar-refractivity contribution is -0.127. The number of pyridine rings is 1. The second-order valence-electron chi connectivity index (χ2n) is 10.9. The van der Waals surface area contributed by atoms with Crippen molar-refractivity contribution >= 4 is 22.7 Å². The Morgan fingerprint density at radius 3 is 2.55 bits per heavy atom. The minimum atomic E-state index is -1.16. The van der Waals surface area contributed by atoms with E-state index in [4.69, 9.17) is 0 Å². The Morgan fingerprint density at radius 1 is 1.00 bits per heavy atom. The number of H-pyrrole nitrogens is 1. The Kier molecular flexibility index (Phi) is 7.32. The second kappa shape index (κ2) is 10.8. The number of fused-ring (bicyclic) bond motifs is 1. The number of nitrogens with zero attached hydrogens (tertiary/aromatic N) is 1. The molecule has 1 aliphatic rings. The second-order valence-corrected chi connectivity index (χ2v) is 10.9. The molecule has 0 saturated heterocycles. The van der Waals surface area contributed by atoms with Crippen LogP contribution in [-0.2, 0) is 16.6 Å². The van der Waals surface area contributed by atoms with Crippen LogP contribution in [0.5, 0.6) is 0 Å². The predicted octanol–water partition coefficient (Wildman–Crippen LogP) is 5.62. The van der Waals surface area contributed by atoms with Crippen molar-refractivity contribution in [1.82, 2.24) is 20.6 Å². The average Bonchev–Trinajstić information content (AvgIpc) is 3.35. The van der Waals surface area contributed by atoms with Gasteiger partial charge in [0, 0.05) is 52.9 Å². The van der Waals surface area contributed by atoms with Crippen LogP contribution in [0.2, 0.25) is 0 Å². The maximum absolute atomic E-state index is 14.0. The molecule has 196 valence electrons. The number of aromatic nitrogens is 2. The van der Waals surface area contributed by atoms with Gasteiger partial charge in [-0.15, -0.1) is 0 Å². The summed E-state index contributed by atoms with van der Waals surface area (Å²) in [7, 11) is 0. The lowest BCUT2D eigenvalue weighted by atomic mass is 9.71. The molecule has 2 aromatic carbocycles. The van der Waals surface area contributed by atoms with Crippen LogP contribution in [0.15, 0.2) is 79.1 Å². The van der Waals surface area contributed by atoms with Gasteiger partial charge in [0.25, 0.3) is 5.91 Å². The molecule has 2 aromatic heterocycles. The molecule has 6 nitrogen and oxygen atoms in total. The highest BCUT2D eigenvalue weighted by atomic mass is 16.2. The maximum Gasteiger partial charge on any atom is 0.252 e. The van der Waals surface area contributed by atoms with Gasteiger partial charge in [0.15, 0.2) is 0 Å². The zero-order valence-corrected chi connectivity index (χ0v) is 22.2. The minimum absolute atomic E-state index is 0.190. The van der Waals surface area contributed by atoms with Gasteiger partial charge in [0.05, 0.1) is 0 Å². The van der Waals surface area contributed by atoms with E-state index >= 15 is 0 Å². The summed E-state index contributed by atoms with van der Waals surface area (Å²) in [5, 5.41) is 7.41. The lowest BCUT2D eigenvalue weighted by Gasteiger charge is -2.38.